The van der Waals surface area contributed by atoms with Crippen LogP contribution in [0.1, 0.15) is 0 Å². The van der Waals surface area contributed by atoms with Crippen molar-refractivity contribution in [3.8, 4) is 0 Å². The number of rotatable bonds is 4. The van der Waals surface area contributed by atoms with Crippen molar-refractivity contribution in [3.05, 3.63) is 127 Å². The predicted molar refractivity (Wildman–Crippen MR) is 142 cm³/mol. The quantitative estimate of drug-likeness (QED) is 0.230. The van der Waals surface area contributed by atoms with E-state index in [1.807, 2.05) is 11.3 Å². The van der Waals surface area contributed by atoms with E-state index in [1.165, 1.54) is 25.9 Å². The zero-order chi connectivity index (χ0) is 21.6. The maximum Gasteiger partial charge on any atom is 0.0468 e. The van der Waals surface area contributed by atoms with Gasteiger partial charge in [-0.2, -0.15) is 0 Å². The third-order valence-electron chi connectivity index (χ3n) is 4.88. The van der Waals surface area contributed by atoms with Crippen LogP contribution in [0.3, 0.4) is 0 Å². The van der Waals surface area contributed by atoms with Crippen LogP contribution in [0.25, 0.3) is 20.2 Å². The first kappa shape index (κ1) is 21.1. The first-order chi connectivity index (χ1) is 15.2. The number of hydrogen-bond donors (Lipinski definition) is 0. The monoisotopic (exact) mass is 483 g/mol. The van der Waals surface area contributed by atoms with Crippen molar-refractivity contribution >= 4 is 64.5 Å². The van der Waals surface area contributed by atoms with Crippen molar-refractivity contribution in [1.29, 1.82) is 0 Å². The summed E-state index contributed by atoms with van der Waals surface area (Å²) in [5.74, 6) is 0. The number of benzene rings is 4. The summed E-state index contributed by atoms with van der Waals surface area (Å²) in [6.07, 6.45) is 3.28. The molecule has 1 nitrogen and oxygen atoms in total. The normalized spacial score (nSPS) is 10.4. The lowest BCUT2D eigenvalue weighted by molar-refractivity contribution is 1.29. The van der Waals surface area contributed by atoms with E-state index in [4.69, 9.17) is 0 Å². The maximum absolute atomic E-state index is 3.54. The van der Waals surface area contributed by atoms with Gasteiger partial charge in [-0.15, -0.1) is 11.3 Å². The number of hydrogen-bond acceptors (Lipinski definition) is 2. The molecule has 3 heteroatoms. The molecular weight excluding hydrogens is 462 g/mol. The average molecular weight is 484 g/mol. The molecule has 0 radical (unpaired) electrons. The van der Waals surface area contributed by atoms with Crippen LogP contribution in [0.5, 0.6) is 0 Å². The SMILES string of the molecule is Brc1ccc(N(c2ccccc2)c2ccc3sc4ccccc4c3c2)cc1.C=CC=C. The van der Waals surface area contributed by atoms with E-state index in [-0.39, 0.29) is 0 Å². The van der Waals surface area contributed by atoms with Crippen molar-refractivity contribution < 1.29 is 0 Å². The zero-order valence-electron chi connectivity index (χ0n) is 17.0. The van der Waals surface area contributed by atoms with Crippen molar-refractivity contribution in [1.82, 2.24) is 0 Å². The molecule has 0 unspecified atom stereocenters. The molecule has 0 amide bonds. The Morgan fingerprint density at radius 3 is 1.90 bits per heavy atom. The molecule has 0 saturated carbocycles. The Kier molecular flexibility index (Phi) is 6.66. The summed E-state index contributed by atoms with van der Waals surface area (Å²) in [6.45, 7) is 6.72. The van der Waals surface area contributed by atoms with Gasteiger partial charge in [0.1, 0.15) is 0 Å². The summed E-state index contributed by atoms with van der Waals surface area (Å²) in [5, 5.41) is 2.63. The highest BCUT2D eigenvalue weighted by molar-refractivity contribution is 9.10. The summed E-state index contributed by atoms with van der Waals surface area (Å²) >= 11 is 5.40. The molecule has 4 aromatic carbocycles. The Morgan fingerprint density at radius 2 is 1.19 bits per heavy atom. The summed E-state index contributed by atoms with van der Waals surface area (Å²) in [7, 11) is 0. The van der Waals surface area contributed by atoms with E-state index in [0.717, 1.165) is 15.8 Å². The number of allylic oxidation sites excluding steroid dienone is 2. The Labute approximate surface area is 195 Å². The molecule has 0 fully saturated rings. The second-order valence-electron chi connectivity index (χ2n) is 6.90. The van der Waals surface area contributed by atoms with Crippen molar-refractivity contribution in [2.24, 2.45) is 0 Å². The van der Waals surface area contributed by atoms with Crippen LogP contribution < -0.4 is 4.90 Å². The van der Waals surface area contributed by atoms with Gasteiger partial charge in [-0.05, 0) is 60.7 Å². The fraction of sp³-hybridized carbons (Fsp3) is 0. The van der Waals surface area contributed by atoms with Gasteiger partial charge in [0, 0.05) is 41.7 Å². The number of para-hydroxylation sites is 1. The first-order valence-corrected chi connectivity index (χ1v) is 11.6. The van der Waals surface area contributed by atoms with Crippen molar-refractivity contribution in [2.45, 2.75) is 0 Å². The summed E-state index contributed by atoms with van der Waals surface area (Å²) in [5.41, 5.74) is 3.46. The Balaban J connectivity index is 0.000000535. The molecular formula is C28H22BrNS. The molecule has 152 valence electrons. The largest absolute Gasteiger partial charge is 0.310 e. The lowest BCUT2D eigenvalue weighted by atomic mass is 10.1. The highest BCUT2D eigenvalue weighted by atomic mass is 79.9. The van der Waals surface area contributed by atoms with E-state index in [0.29, 0.717) is 0 Å². The lowest BCUT2D eigenvalue weighted by Gasteiger charge is -2.25. The number of thiophene rings is 1. The van der Waals surface area contributed by atoms with Crippen molar-refractivity contribution in [3.63, 3.8) is 0 Å². The second-order valence-corrected chi connectivity index (χ2v) is 8.90. The number of halogens is 1. The molecule has 0 bridgehead atoms. The fourth-order valence-corrected chi connectivity index (χ4v) is 4.82. The van der Waals surface area contributed by atoms with Gasteiger partial charge < -0.3 is 4.90 Å². The molecule has 0 atom stereocenters. The topological polar surface area (TPSA) is 3.24 Å². The number of anilines is 3. The van der Waals surface area contributed by atoms with Crippen LogP contribution in [0.15, 0.2) is 127 Å². The van der Waals surface area contributed by atoms with E-state index in [9.17, 15) is 0 Å². The maximum atomic E-state index is 3.54. The molecule has 0 spiro atoms. The van der Waals surface area contributed by atoms with Crippen molar-refractivity contribution in [2.75, 3.05) is 4.90 Å². The van der Waals surface area contributed by atoms with Crippen LogP contribution in [0.4, 0.5) is 17.1 Å². The standard InChI is InChI=1S/C24H16BrNS.C4H6/c25-17-10-12-19(13-11-17)26(18-6-2-1-3-7-18)20-14-15-24-22(16-20)21-8-4-5-9-23(21)27-24;1-3-4-2/h1-16H;3-4H,1-2H2. The highest BCUT2D eigenvalue weighted by Crippen LogP contribution is 2.40. The Bertz CT molecular complexity index is 1310. The summed E-state index contributed by atoms with van der Waals surface area (Å²) < 4.78 is 3.74. The average Bonchev–Trinajstić information content (AvgIpc) is 3.19. The minimum Gasteiger partial charge on any atom is -0.310 e. The van der Waals surface area contributed by atoms with Crippen LogP contribution in [0, 0.1) is 0 Å². The summed E-state index contributed by atoms with van der Waals surface area (Å²) in [6, 6.07) is 34.4. The zero-order valence-corrected chi connectivity index (χ0v) is 19.4. The predicted octanol–water partition coefficient (Wildman–Crippen LogP) is 9.65. The Hall–Kier alpha value is -3.14. The van der Waals surface area contributed by atoms with Gasteiger partial charge in [0.15, 0.2) is 0 Å². The van der Waals surface area contributed by atoms with E-state index in [2.05, 4.69) is 131 Å². The molecule has 5 rings (SSSR count). The molecule has 0 saturated heterocycles. The minimum absolute atomic E-state index is 1.08. The van der Waals surface area contributed by atoms with E-state index >= 15 is 0 Å². The Morgan fingerprint density at radius 1 is 0.613 bits per heavy atom. The van der Waals surface area contributed by atoms with E-state index in [1.54, 1.807) is 12.2 Å². The van der Waals surface area contributed by atoms with Crippen LogP contribution in [0.2, 0.25) is 0 Å². The summed E-state index contributed by atoms with van der Waals surface area (Å²) in [4.78, 5) is 2.30. The van der Waals surface area contributed by atoms with Gasteiger partial charge in [-0.3, -0.25) is 0 Å². The third kappa shape index (κ3) is 4.63. The van der Waals surface area contributed by atoms with Gasteiger partial charge in [-0.1, -0.05) is 77.6 Å². The molecule has 0 aliphatic carbocycles. The van der Waals surface area contributed by atoms with Crippen LogP contribution in [-0.2, 0) is 0 Å². The molecule has 1 heterocycles. The minimum atomic E-state index is 1.08. The third-order valence-corrected chi connectivity index (χ3v) is 6.56. The van der Waals surface area contributed by atoms with Crippen LogP contribution in [-0.4, -0.2) is 0 Å². The molecule has 0 N–H and O–H groups in total. The molecule has 0 aliphatic heterocycles. The van der Waals surface area contributed by atoms with Gasteiger partial charge in [0.25, 0.3) is 0 Å². The molecule has 5 aromatic rings. The highest BCUT2D eigenvalue weighted by Gasteiger charge is 2.14. The number of nitrogens with zero attached hydrogens (tertiary/aromatic N) is 1. The molecule has 0 aliphatic rings. The first-order valence-electron chi connectivity index (χ1n) is 9.97. The van der Waals surface area contributed by atoms with Gasteiger partial charge in [-0.25, -0.2) is 0 Å². The van der Waals surface area contributed by atoms with Gasteiger partial charge >= 0.3 is 0 Å². The fourth-order valence-electron chi connectivity index (χ4n) is 3.47. The molecule has 1 aromatic heterocycles. The molecule has 31 heavy (non-hydrogen) atoms. The van der Waals surface area contributed by atoms with Crippen LogP contribution >= 0.6 is 27.3 Å². The van der Waals surface area contributed by atoms with Gasteiger partial charge in [0.2, 0.25) is 0 Å². The number of fused-ring (bicyclic) bond motifs is 3. The second kappa shape index (κ2) is 9.78. The van der Waals surface area contributed by atoms with E-state index < -0.39 is 0 Å². The lowest BCUT2D eigenvalue weighted by Crippen LogP contribution is -2.09. The smallest absolute Gasteiger partial charge is 0.0468 e. The van der Waals surface area contributed by atoms with Gasteiger partial charge in [0.05, 0.1) is 0 Å².